The highest BCUT2D eigenvalue weighted by molar-refractivity contribution is 6.31. The summed E-state index contributed by atoms with van der Waals surface area (Å²) in [6.07, 6.45) is -0.258. The number of hydrogen-bond acceptors (Lipinski definition) is 2. The number of benzene rings is 1. The molecule has 0 atom stereocenters. The highest BCUT2D eigenvalue weighted by Gasteiger charge is 2.31. The van der Waals surface area contributed by atoms with Crippen molar-refractivity contribution in [1.29, 1.82) is 0 Å². The summed E-state index contributed by atoms with van der Waals surface area (Å²) >= 11 is 5.67. The molecule has 2 nitrogen and oxygen atoms in total. The van der Waals surface area contributed by atoms with Gasteiger partial charge in [0.2, 0.25) is 0 Å². The molecule has 0 fully saturated rings. The minimum atomic E-state index is -4.42. The molecule has 0 radical (unpaired) electrons. The van der Waals surface area contributed by atoms with E-state index in [1.54, 1.807) is 0 Å². The predicted molar refractivity (Wildman–Crippen MR) is 57.5 cm³/mol. The molecular formula is C11H6ClF3N2. The summed E-state index contributed by atoms with van der Waals surface area (Å²) < 4.78 is 37.7. The molecule has 1 aromatic carbocycles. The first kappa shape index (κ1) is 11.9. The van der Waals surface area contributed by atoms with Crippen molar-refractivity contribution in [3.8, 4) is 11.1 Å². The van der Waals surface area contributed by atoms with E-state index in [2.05, 4.69) is 9.97 Å². The maximum atomic E-state index is 12.6. The lowest BCUT2D eigenvalue weighted by molar-refractivity contribution is -0.137. The van der Waals surface area contributed by atoms with Crippen LogP contribution in [0.15, 0.2) is 36.9 Å². The van der Waals surface area contributed by atoms with Crippen LogP contribution in [0.3, 0.4) is 0 Å². The van der Waals surface area contributed by atoms with Crippen LogP contribution in [0.2, 0.25) is 5.02 Å². The van der Waals surface area contributed by atoms with Crippen LogP contribution in [0.1, 0.15) is 5.56 Å². The van der Waals surface area contributed by atoms with Gasteiger partial charge in [-0.2, -0.15) is 13.2 Å². The molecule has 2 rings (SSSR count). The lowest BCUT2D eigenvalue weighted by Gasteiger charge is -2.09. The Kier molecular flexibility index (Phi) is 3.02. The largest absolute Gasteiger partial charge is 0.416 e. The van der Waals surface area contributed by atoms with Crippen LogP contribution < -0.4 is 0 Å². The fraction of sp³-hybridized carbons (Fsp3) is 0.0909. The standard InChI is InChI=1S/C11H6ClF3N2/c12-10-2-7(8-4-16-6-17-5-8)1-9(3-10)11(13,14)15/h1-6H. The third-order valence-corrected chi connectivity index (χ3v) is 2.34. The van der Waals surface area contributed by atoms with E-state index in [9.17, 15) is 13.2 Å². The van der Waals surface area contributed by atoms with Gasteiger partial charge in [-0.05, 0) is 23.8 Å². The van der Waals surface area contributed by atoms with Crippen molar-refractivity contribution in [2.24, 2.45) is 0 Å². The van der Waals surface area contributed by atoms with Crippen LogP contribution in [0, 0.1) is 0 Å². The fourth-order valence-corrected chi connectivity index (χ4v) is 1.60. The summed E-state index contributed by atoms with van der Waals surface area (Å²) in [6, 6.07) is 3.34. The lowest BCUT2D eigenvalue weighted by atomic mass is 10.1. The van der Waals surface area contributed by atoms with Crippen LogP contribution in [0.25, 0.3) is 11.1 Å². The molecule has 0 saturated heterocycles. The molecule has 0 unspecified atom stereocenters. The maximum absolute atomic E-state index is 12.6. The number of aromatic nitrogens is 2. The number of nitrogens with zero attached hydrogens (tertiary/aromatic N) is 2. The lowest BCUT2D eigenvalue weighted by Crippen LogP contribution is -2.04. The van der Waals surface area contributed by atoms with Gasteiger partial charge < -0.3 is 0 Å². The van der Waals surface area contributed by atoms with Gasteiger partial charge in [-0.15, -0.1) is 0 Å². The van der Waals surface area contributed by atoms with Gasteiger partial charge in [-0.1, -0.05) is 11.6 Å². The second-order valence-corrected chi connectivity index (χ2v) is 3.79. The van der Waals surface area contributed by atoms with Gasteiger partial charge in [0, 0.05) is 23.0 Å². The zero-order valence-corrected chi connectivity index (χ0v) is 9.13. The van der Waals surface area contributed by atoms with Gasteiger partial charge in [-0.3, -0.25) is 0 Å². The summed E-state index contributed by atoms with van der Waals surface area (Å²) in [7, 11) is 0. The van der Waals surface area contributed by atoms with Crippen molar-refractivity contribution in [1.82, 2.24) is 9.97 Å². The van der Waals surface area contributed by atoms with Gasteiger partial charge in [0.05, 0.1) is 5.56 Å². The van der Waals surface area contributed by atoms with E-state index in [0.29, 0.717) is 11.1 Å². The Hall–Kier alpha value is -1.62. The van der Waals surface area contributed by atoms with E-state index in [0.717, 1.165) is 12.1 Å². The van der Waals surface area contributed by atoms with Crippen molar-refractivity contribution in [2.75, 3.05) is 0 Å². The first-order chi connectivity index (χ1) is 7.97. The molecule has 0 aliphatic rings. The molecule has 0 amide bonds. The van der Waals surface area contributed by atoms with Gasteiger partial charge >= 0.3 is 6.18 Å². The Balaban J connectivity index is 2.54. The predicted octanol–water partition coefficient (Wildman–Crippen LogP) is 3.82. The summed E-state index contributed by atoms with van der Waals surface area (Å²) in [5, 5.41) is 0.0266. The molecule has 0 spiro atoms. The molecule has 6 heteroatoms. The monoisotopic (exact) mass is 258 g/mol. The van der Waals surface area contributed by atoms with Crippen LogP contribution in [0.4, 0.5) is 13.2 Å². The smallest absolute Gasteiger partial charge is 0.244 e. The number of halogens is 4. The summed E-state index contributed by atoms with van der Waals surface area (Å²) in [4.78, 5) is 7.49. The number of rotatable bonds is 1. The minimum absolute atomic E-state index is 0.0266. The van der Waals surface area contributed by atoms with Crippen LogP contribution in [-0.2, 0) is 6.18 Å². The van der Waals surface area contributed by atoms with E-state index in [1.807, 2.05) is 0 Å². The Bertz CT molecular complexity index is 526. The van der Waals surface area contributed by atoms with Gasteiger partial charge in [0.15, 0.2) is 0 Å². The van der Waals surface area contributed by atoms with E-state index in [1.165, 1.54) is 24.8 Å². The second-order valence-electron chi connectivity index (χ2n) is 3.35. The van der Waals surface area contributed by atoms with Gasteiger partial charge in [0.25, 0.3) is 0 Å². The van der Waals surface area contributed by atoms with Crippen molar-refractivity contribution < 1.29 is 13.2 Å². The topological polar surface area (TPSA) is 25.8 Å². The van der Waals surface area contributed by atoms with Gasteiger partial charge in [0.1, 0.15) is 6.33 Å². The van der Waals surface area contributed by atoms with E-state index >= 15 is 0 Å². The molecular weight excluding hydrogens is 253 g/mol. The third kappa shape index (κ3) is 2.74. The molecule has 1 heterocycles. The van der Waals surface area contributed by atoms with E-state index in [4.69, 9.17) is 11.6 Å². The molecule has 88 valence electrons. The quantitative estimate of drug-likeness (QED) is 0.777. The SMILES string of the molecule is FC(F)(F)c1cc(Cl)cc(-c2cncnc2)c1. The summed E-state index contributed by atoms with van der Waals surface area (Å²) in [6.45, 7) is 0. The van der Waals surface area contributed by atoms with Crippen LogP contribution >= 0.6 is 11.6 Å². The van der Waals surface area contributed by atoms with E-state index < -0.39 is 11.7 Å². The van der Waals surface area contributed by atoms with Crippen molar-refractivity contribution in [3.05, 3.63) is 47.5 Å². The molecule has 17 heavy (non-hydrogen) atoms. The Morgan fingerprint density at radius 1 is 0.941 bits per heavy atom. The Morgan fingerprint density at radius 3 is 2.18 bits per heavy atom. The zero-order valence-electron chi connectivity index (χ0n) is 8.37. The number of hydrogen-bond donors (Lipinski definition) is 0. The third-order valence-electron chi connectivity index (χ3n) is 2.12. The minimum Gasteiger partial charge on any atom is -0.244 e. The average Bonchev–Trinajstić information content (AvgIpc) is 2.28. The molecule has 0 saturated carbocycles. The second kappa shape index (κ2) is 4.33. The Morgan fingerprint density at radius 2 is 1.59 bits per heavy atom. The first-order valence-electron chi connectivity index (χ1n) is 4.60. The number of alkyl halides is 3. The van der Waals surface area contributed by atoms with E-state index in [-0.39, 0.29) is 5.02 Å². The van der Waals surface area contributed by atoms with Crippen molar-refractivity contribution in [3.63, 3.8) is 0 Å². The molecule has 1 aromatic heterocycles. The summed E-state index contributed by atoms with van der Waals surface area (Å²) in [5.41, 5.74) is 0.0368. The molecule has 0 bridgehead atoms. The van der Waals surface area contributed by atoms with Crippen LogP contribution in [0.5, 0.6) is 0 Å². The highest BCUT2D eigenvalue weighted by Crippen LogP contribution is 2.34. The summed E-state index contributed by atoms with van der Waals surface area (Å²) in [5.74, 6) is 0. The van der Waals surface area contributed by atoms with Crippen LogP contribution in [-0.4, -0.2) is 9.97 Å². The first-order valence-corrected chi connectivity index (χ1v) is 4.98. The van der Waals surface area contributed by atoms with Crippen molar-refractivity contribution in [2.45, 2.75) is 6.18 Å². The Labute approximate surface area is 100 Å². The molecule has 0 aliphatic heterocycles. The van der Waals surface area contributed by atoms with Gasteiger partial charge in [-0.25, -0.2) is 9.97 Å². The molecule has 2 aromatic rings. The maximum Gasteiger partial charge on any atom is 0.416 e. The molecule has 0 N–H and O–H groups in total. The van der Waals surface area contributed by atoms with Crippen molar-refractivity contribution >= 4 is 11.6 Å². The highest BCUT2D eigenvalue weighted by atomic mass is 35.5. The fourth-order valence-electron chi connectivity index (χ4n) is 1.37. The average molecular weight is 259 g/mol. The normalized spacial score (nSPS) is 11.5. The molecule has 0 aliphatic carbocycles. The zero-order chi connectivity index (χ0) is 12.5.